The minimum atomic E-state index is -0.227. The summed E-state index contributed by atoms with van der Waals surface area (Å²) in [5, 5.41) is 18.0. The average molecular weight is 234 g/mol. The highest BCUT2D eigenvalue weighted by Crippen LogP contribution is 2.28. The number of hydrogen-bond acceptors (Lipinski definition) is 4. The van der Waals surface area contributed by atoms with Crippen LogP contribution in [0.1, 0.15) is 18.0 Å². The number of phenols is 1. The summed E-state index contributed by atoms with van der Waals surface area (Å²) in [5.74, 6) is 0.489. The summed E-state index contributed by atoms with van der Waals surface area (Å²) in [4.78, 5) is 0. The van der Waals surface area contributed by atoms with Gasteiger partial charge in [-0.2, -0.15) is 0 Å². The third kappa shape index (κ3) is 3.58. The van der Waals surface area contributed by atoms with Gasteiger partial charge in [-0.05, 0) is 24.1 Å². The van der Waals surface area contributed by atoms with Crippen LogP contribution in [0, 0.1) is 0 Å². The van der Waals surface area contributed by atoms with Crippen molar-refractivity contribution in [3.05, 3.63) is 23.8 Å². The fourth-order valence-corrected chi connectivity index (χ4v) is 1.23. The number of halogens is 1. The highest BCUT2D eigenvalue weighted by Gasteiger charge is 2.08. The molecule has 5 heteroatoms. The maximum Gasteiger partial charge on any atom is 0.160 e. The van der Waals surface area contributed by atoms with Crippen LogP contribution < -0.4 is 10.5 Å². The molecule has 0 fully saturated rings. The molecule has 0 heterocycles. The summed E-state index contributed by atoms with van der Waals surface area (Å²) in [6.45, 7) is 0.0460. The smallest absolute Gasteiger partial charge is 0.160 e. The summed E-state index contributed by atoms with van der Waals surface area (Å²) in [7, 11) is 1.48. The first-order chi connectivity index (χ1) is 6.69. The van der Waals surface area contributed by atoms with Crippen molar-refractivity contribution in [2.45, 2.75) is 12.5 Å². The van der Waals surface area contributed by atoms with E-state index in [1.165, 1.54) is 13.2 Å². The Labute approximate surface area is 95.1 Å². The standard InChI is InChI=1S/C10H15NO3.ClH/c1-14-10-6-7(2-3-9(10)13)8(11)4-5-12;/h2-3,6,8,12-13H,4-5,11H2,1H3;1H. The van der Waals surface area contributed by atoms with E-state index in [4.69, 9.17) is 15.6 Å². The number of aromatic hydroxyl groups is 1. The van der Waals surface area contributed by atoms with Gasteiger partial charge in [-0.1, -0.05) is 6.07 Å². The van der Waals surface area contributed by atoms with Gasteiger partial charge >= 0.3 is 0 Å². The lowest BCUT2D eigenvalue weighted by Gasteiger charge is -2.12. The largest absolute Gasteiger partial charge is 0.504 e. The molecule has 0 spiro atoms. The van der Waals surface area contributed by atoms with Crippen LogP contribution in [0.3, 0.4) is 0 Å². The molecule has 0 saturated heterocycles. The number of methoxy groups -OCH3 is 1. The number of hydrogen-bond donors (Lipinski definition) is 3. The molecule has 0 saturated carbocycles. The number of phenolic OH excluding ortho intramolecular Hbond substituents is 1. The minimum absolute atomic E-state index is 0. The maximum absolute atomic E-state index is 9.33. The van der Waals surface area contributed by atoms with Gasteiger partial charge in [-0.15, -0.1) is 12.4 Å². The summed E-state index contributed by atoms with van der Waals surface area (Å²) in [6, 6.07) is 4.70. The van der Waals surface area contributed by atoms with Gasteiger partial charge in [0.25, 0.3) is 0 Å². The average Bonchev–Trinajstić information content (AvgIpc) is 2.19. The fraction of sp³-hybridized carbons (Fsp3) is 0.400. The predicted molar refractivity (Wildman–Crippen MR) is 60.5 cm³/mol. The number of rotatable bonds is 4. The first kappa shape index (κ1) is 14.0. The summed E-state index contributed by atoms with van der Waals surface area (Å²) in [5.41, 5.74) is 6.62. The second-order valence-electron chi connectivity index (χ2n) is 3.05. The van der Waals surface area contributed by atoms with Crippen LogP contribution in [0.2, 0.25) is 0 Å². The zero-order valence-electron chi connectivity index (χ0n) is 8.51. The topological polar surface area (TPSA) is 75.7 Å². The van der Waals surface area contributed by atoms with Gasteiger partial charge in [0, 0.05) is 12.6 Å². The molecule has 0 aliphatic heterocycles. The second kappa shape index (κ2) is 6.50. The molecule has 0 aliphatic rings. The van der Waals surface area contributed by atoms with Gasteiger partial charge in [0.15, 0.2) is 11.5 Å². The highest BCUT2D eigenvalue weighted by atomic mass is 35.5. The summed E-state index contributed by atoms with van der Waals surface area (Å²) >= 11 is 0. The lowest BCUT2D eigenvalue weighted by atomic mass is 10.0. The molecule has 4 nitrogen and oxygen atoms in total. The van der Waals surface area contributed by atoms with Crippen molar-refractivity contribution in [2.75, 3.05) is 13.7 Å². The van der Waals surface area contributed by atoms with Gasteiger partial charge < -0.3 is 20.7 Å². The van der Waals surface area contributed by atoms with E-state index >= 15 is 0 Å². The monoisotopic (exact) mass is 233 g/mol. The molecular weight excluding hydrogens is 218 g/mol. The van der Waals surface area contributed by atoms with Crippen LogP contribution in [0.25, 0.3) is 0 Å². The van der Waals surface area contributed by atoms with Crippen LogP contribution in [-0.4, -0.2) is 23.9 Å². The lowest BCUT2D eigenvalue weighted by molar-refractivity contribution is 0.276. The zero-order chi connectivity index (χ0) is 10.6. The Hall–Kier alpha value is -0.970. The van der Waals surface area contributed by atoms with Crippen molar-refractivity contribution in [1.82, 2.24) is 0 Å². The van der Waals surface area contributed by atoms with Crippen LogP contribution in [0.4, 0.5) is 0 Å². The highest BCUT2D eigenvalue weighted by molar-refractivity contribution is 5.85. The molecule has 0 aromatic heterocycles. The molecule has 0 amide bonds. The molecule has 0 radical (unpaired) electrons. The van der Waals surface area contributed by atoms with Crippen LogP contribution >= 0.6 is 12.4 Å². The molecule has 1 rings (SSSR count). The Bertz CT molecular complexity index is 307. The normalized spacial score (nSPS) is 11.7. The lowest BCUT2D eigenvalue weighted by Crippen LogP contribution is -2.11. The molecule has 1 aromatic rings. The Balaban J connectivity index is 0.00000196. The molecule has 0 bridgehead atoms. The van der Waals surface area contributed by atoms with E-state index in [1.54, 1.807) is 12.1 Å². The number of ether oxygens (including phenoxy) is 1. The fourth-order valence-electron chi connectivity index (χ4n) is 1.23. The Morgan fingerprint density at radius 3 is 2.67 bits per heavy atom. The van der Waals surface area contributed by atoms with Crippen LogP contribution in [0.15, 0.2) is 18.2 Å². The van der Waals surface area contributed by atoms with E-state index in [2.05, 4.69) is 0 Å². The van der Waals surface area contributed by atoms with Gasteiger partial charge in [0.2, 0.25) is 0 Å². The van der Waals surface area contributed by atoms with E-state index in [0.29, 0.717) is 12.2 Å². The molecule has 86 valence electrons. The predicted octanol–water partition coefficient (Wildman–Crippen LogP) is 1.20. The summed E-state index contributed by atoms with van der Waals surface area (Å²) in [6.07, 6.45) is 0.494. The first-order valence-corrected chi connectivity index (χ1v) is 4.42. The van der Waals surface area contributed by atoms with E-state index in [1.807, 2.05) is 0 Å². The van der Waals surface area contributed by atoms with Crippen molar-refractivity contribution < 1.29 is 14.9 Å². The molecule has 4 N–H and O–H groups in total. The number of nitrogens with two attached hydrogens (primary N) is 1. The van der Waals surface area contributed by atoms with E-state index in [9.17, 15) is 5.11 Å². The molecule has 1 atom stereocenters. The maximum atomic E-state index is 9.33. The van der Waals surface area contributed by atoms with Gasteiger partial charge in [-0.3, -0.25) is 0 Å². The zero-order valence-corrected chi connectivity index (χ0v) is 9.33. The summed E-state index contributed by atoms with van der Waals surface area (Å²) < 4.78 is 4.95. The van der Waals surface area contributed by atoms with Crippen LogP contribution in [-0.2, 0) is 0 Å². The Morgan fingerprint density at radius 1 is 1.47 bits per heavy atom. The van der Waals surface area contributed by atoms with E-state index in [-0.39, 0.29) is 30.8 Å². The second-order valence-corrected chi connectivity index (χ2v) is 3.05. The van der Waals surface area contributed by atoms with Crippen LogP contribution in [0.5, 0.6) is 11.5 Å². The first-order valence-electron chi connectivity index (χ1n) is 4.42. The number of aliphatic hydroxyl groups is 1. The van der Waals surface area contributed by atoms with Gasteiger partial charge in [0.05, 0.1) is 7.11 Å². The minimum Gasteiger partial charge on any atom is -0.504 e. The van der Waals surface area contributed by atoms with Crippen molar-refractivity contribution in [1.29, 1.82) is 0 Å². The van der Waals surface area contributed by atoms with Gasteiger partial charge in [-0.25, -0.2) is 0 Å². The molecule has 0 aliphatic carbocycles. The van der Waals surface area contributed by atoms with E-state index < -0.39 is 0 Å². The number of aliphatic hydroxyl groups excluding tert-OH is 1. The van der Waals surface area contributed by atoms with Crippen molar-refractivity contribution in [3.63, 3.8) is 0 Å². The molecule has 1 aromatic carbocycles. The third-order valence-electron chi connectivity index (χ3n) is 2.07. The van der Waals surface area contributed by atoms with Crippen molar-refractivity contribution in [2.24, 2.45) is 5.73 Å². The molecule has 15 heavy (non-hydrogen) atoms. The van der Waals surface area contributed by atoms with Crippen molar-refractivity contribution >= 4 is 12.4 Å². The molecule has 1 unspecified atom stereocenters. The molecular formula is C10H16ClNO3. The Morgan fingerprint density at radius 2 is 2.13 bits per heavy atom. The quantitative estimate of drug-likeness (QED) is 0.731. The van der Waals surface area contributed by atoms with Gasteiger partial charge in [0.1, 0.15) is 0 Å². The number of benzene rings is 1. The van der Waals surface area contributed by atoms with Crippen molar-refractivity contribution in [3.8, 4) is 11.5 Å². The SMILES string of the molecule is COc1cc(C(N)CCO)ccc1O.Cl. The third-order valence-corrected chi connectivity index (χ3v) is 2.07. The Kier molecular flexibility index (Phi) is 6.08. The van der Waals surface area contributed by atoms with E-state index in [0.717, 1.165) is 5.56 Å².